The molecule has 0 bridgehead atoms. The van der Waals surface area contributed by atoms with Gasteiger partial charge in [0, 0.05) is 27.1 Å². The monoisotopic (exact) mass is 742 g/mol. The molecule has 0 atom stereocenters. The molecule has 8 heteroatoms. The van der Waals surface area contributed by atoms with Gasteiger partial charge < -0.3 is 9.13 Å². The molecular formula is C50H30N8. The molecule has 10 rings (SSSR count). The second-order valence-electron chi connectivity index (χ2n) is 14.3. The minimum Gasteiger partial charge on any atom is -0.308 e. The summed E-state index contributed by atoms with van der Waals surface area (Å²) in [4.78, 5) is 14.3. The van der Waals surface area contributed by atoms with Gasteiger partial charge in [-0.2, -0.15) is 15.8 Å². The smallest absolute Gasteiger partial charge is 0.165 e. The molecule has 8 nitrogen and oxygen atoms in total. The van der Waals surface area contributed by atoms with Crippen molar-refractivity contribution in [3.8, 4) is 63.2 Å². The third kappa shape index (κ3) is 5.46. The third-order valence-electron chi connectivity index (χ3n) is 10.9. The highest BCUT2D eigenvalue weighted by Gasteiger charge is 2.23. The van der Waals surface area contributed by atoms with Crippen molar-refractivity contribution in [3.05, 3.63) is 174 Å². The standard InChI is InChI=1S/C50H30N8/c1-30-54-31(2)56-50(55-30)43-26-46(57-44-9-5-3-7-39(44)41-21-19-36(23-47(41)57)34-15-11-32(27-51)12-16-34)38(29-53)25-49(43)58-45-10-6-4-8-40(45)42-22-20-37(24-48(42)58)35-17-13-33(28-52)14-18-35/h3-26H,1-2H3. The van der Waals surface area contributed by atoms with Gasteiger partial charge in [-0.3, -0.25) is 0 Å². The van der Waals surface area contributed by atoms with Crippen LogP contribution in [0.5, 0.6) is 0 Å². The summed E-state index contributed by atoms with van der Waals surface area (Å²) in [5.41, 5.74) is 11.6. The lowest BCUT2D eigenvalue weighted by atomic mass is 10.0. The number of para-hydroxylation sites is 2. The summed E-state index contributed by atoms with van der Waals surface area (Å²) in [6.45, 7) is 3.73. The van der Waals surface area contributed by atoms with Crippen LogP contribution in [0.1, 0.15) is 28.3 Å². The maximum atomic E-state index is 11.1. The molecule has 58 heavy (non-hydrogen) atoms. The molecule has 0 fully saturated rings. The highest BCUT2D eigenvalue weighted by molar-refractivity contribution is 6.12. The van der Waals surface area contributed by atoms with E-state index in [0.717, 1.165) is 77.1 Å². The maximum absolute atomic E-state index is 11.1. The topological polar surface area (TPSA) is 120 Å². The van der Waals surface area contributed by atoms with Crippen molar-refractivity contribution in [1.29, 1.82) is 15.8 Å². The number of nitriles is 3. The Morgan fingerprint density at radius 1 is 0.414 bits per heavy atom. The molecule has 0 saturated heterocycles. The first-order chi connectivity index (χ1) is 28.4. The van der Waals surface area contributed by atoms with Gasteiger partial charge in [-0.05, 0) is 96.8 Å². The van der Waals surface area contributed by atoms with Crippen molar-refractivity contribution in [3.63, 3.8) is 0 Å². The first-order valence-corrected chi connectivity index (χ1v) is 18.8. The molecule has 3 aromatic heterocycles. The number of benzene rings is 7. The maximum Gasteiger partial charge on any atom is 0.165 e. The fraction of sp³-hybridized carbons (Fsp3) is 0.0400. The molecule has 10 aromatic rings. The largest absolute Gasteiger partial charge is 0.308 e. The zero-order valence-electron chi connectivity index (χ0n) is 31.4. The van der Waals surface area contributed by atoms with E-state index in [-0.39, 0.29) is 0 Å². The van der Waals surface area contributed by atoms with Crippen LogP contribution < -0.4 is 0 Å². The van der Waals surface area contributed by atoms with Gasteiger partial charge in [0.1, 0.15) is 17.7 Å². The number of hydrogen-bond donors (Lipinski definition) is 0. The minimum atomic E-state index is 0.474. The Morgan fingerprint density at radius 2 is 0.862 bits per heavy atom. The fourth-order valence-electron chi connectivity index (χ4n) is 8.25. The van der Waals surface area contributed by atoms with E-state index in [0.29, 0.717) is 39.9 Å². The molecule has 0 aliphatic carbocycles. The molecule has 0 aliphatic rings. The second-order valence-corrected chi connectivity index (χ2v) is 14.3. The van der Waals surface area contributed by atoms with E-state index in [1.54, 1.807) is 0 Å². The zero-order valence-corrected chi connectivity index (χ0v) is 31.4. The number of rotatable bonds is 5. The van der Waals surface area contributed by atoms with Crippen LogP contribution in [0.3, 0.4) is 0 Å². The number of hydrogen-bond acceptors (Lipinski definition) is 6. The number of nitrogens with zero attached hydrogens (tertiary/aromatic N) is 8. The SMILES string of the molecule is Cc1nc(C)nc(-c2cc(-n3c4ccccc4c4ccc(-c5ccc(C#N)cc5)cc43)c(C#N)cc2-n2c3ccccc3c3ccc(-c4ccc(C#N)cc4)cc32)n1. The summed E-state index contributed by atoms with van der Waals surface area (Å²) >= 11 is 0. The minimum absolute atomic E-state index is 0.474. The predicted octanol–water partition coefficient (Wildman–Crippen LogP) is 11.3. The summed E-state index contributed by atoms with van der Waals surface area (Å²) in [6, 6.07) is 55.5. The summed E-state index contributed by atoms with van der Waals surface area (Å²) in [6.07, 6.45) is 0. The Hall–Kier alpha value is -8.38. The summed E-state index contributed by atoms with van der Waals surface area (Å²) in [5.74, 6) is 1.68. The summed E-state index contributed by atoms with van der Waals surface area (Å²) in [5, 5.41) is 34.2. The Labute approximate surface area is 333 Å². The first-order valence-electron chi connectivity index (χ1n) is 18.8. The van der Waals surface area contributed by atoms with E-state index < -0.39 is 0 Å². The van der Waals surface area contributed by atoms with Crippen molar-refractivity contribution in [2.24, 2.45) is 0 Å². The van der Waals surface area contributed by atoms with Crippen molar-refractivity contribution in [1.82, 2.24) is 24.1 Å². The van der Waals surface area contributed by atoms with E-state index in [9.17, 15) is 15.8 Å². The average Bonchev–Trinajstić information content (AvgIpc) is 3.77. The van der Waals surface area contributed by atoms with Gasteiger partial charge in [-0.1, -0.05) is 84.9 Å². The Morgan fingerprint density at radius 3 is 1.34 bits per heavy atom. The Bertz CT molecular complexity index is 3420. The van der Waals surface area contributed by atoms with Gasteiger partial charge in [0.15, 0.2) is 5.82 Å². The van der Waals surface area contributed by atoms with Crippen LogP contribution in [0, 0.1) is 47.8 Å². The van der Waals surface area contributed by atoms with Crippen molar-refractivity contribution in [2.45, 2.75) is 13.8 Å². The number of fused-ring (bicyclic) bond motifs is 6. The quantitative estimate of drug-likeness (QED) is 0.173. The van der Waals surface area contributed by atoms with Gasteiger partial charge in [0.05, 0.1) is 62.3 Å². The number of aromatic nitrogens is 5. The van der Waals surface area contributed by atoms with Gasteiger partial charge >= 0.3 is 0 Å². The summed E-state index contributed by atoms with van der Waals surface area (Å²) < 4.78 is 4.38. The lowest BCUT2D eigenvalue weighted by molar-refractivity contribution is 0.926. The van der Waals surface area contributed by atoms with Gasteiger partial charge in [-0.15, -0.1) is 0 Å². The van der Waals surface area contributed by atoms with Crippen molar-refractivity contribution in [2.75, 3.05) is 0 Å². The Balaban J connectivity index is 1.29. The van der Waals surface area contributed by atoms with E-state index >= 15 is 0 Å². The zero-order chi connectivity index (χ0) is 39.5. The van der Waals surface area contributed by atoms with Gasteiger partial charge in [0.2, 0.25) is 0 Å². The molecule has 270 valence electrons. The van der Waals surface area contributed by atoms with Gasteiger partial charge in [-0.25, -0.2) is 15.0 Å². The second kappa shape index (κ2) is 13.4. The highest BCUT2D eigenvalue weighted by Crippen LogP contribution is 2.41. The van der Waals surface area contributed by atoms with Crippen LogP contribution in [0.25, 0.3) is 88.6 Å². The van der Waals surface area contributed by atoms with Crippen LogP contribution in [-0.2, 0) is 0 Å². The third-order valence-corrected chi connectivity index (χ3v) is 10.9. The van der Waals surface area contributed by atoms with Crippen LogP contribution in [0.15, 0.2) is 146 Å². The van der Waals surface area contributed by atoms with Crippen LogP contribution >= 0.6 is 0 Å². The molecule has 0 unspecified atom stereocenters. The molecule has 0 N–H and O–H groups in total. The lowest BCUT2D eigenvalue weighted by Gasteiger charge is -2.18. The molecule has 0 radical (unpaired) electrons. The van der Waals surface area contributed by atoms with Crippen LogP contribution in [0.2, 0.25) is 0 Å². The molecule has 0 aliphatic heterocycles. The van der Waals surface area contributed by atoms with Crippen LogP contribution in [-0.4, -0.2) is 24.1 Å². The average molecular weight is 743 g/mol. The van der Waals surface area contributed by atoms with E-state index in [4.69, 9.17) is 9.97 Å². The first kappa shape index (κ1) is 34.1. The van der Waals surface area contributed by atoms with Crippen molar-refractivity contribution >= 4 is 43.6 Å². The van der Waals surface area contributed by atoms with Gasteiger partial charge in [0.25, 0.3) is 0 Å². The predicted molar refractivity (Wildman–Crippen MR) is 228 cm³/mol. The molecule has 0 spiro atoms. The van der Waals surface area contributed by atoms with Crippen molar-refractivity contribution < 1.29 is 0 Å². The van der Waals surface area contributed by atoms with E-state index in [1.165, 1.54) is 0 Å². The lowest BCUT2D eigenvalue weighted by Crippen LogP contribution is -2.07. The molecule has 3 heterocycles. The highest BCUT2D eigenvalue weighted by atomic mass is 15.1. The normalized spacial score (nSPS) is 11.2. The molecule has 0 amide bonds. The fourth-order valence-corrected chi connectivity index (χ4v) is 8.25. The summed E-state index contributed by atoms with van der Waals surface area (Å²) in [7, 11) is 0. The molecule has 7 aromatic carbocycles. The van der Waals surface area contributed by atoms with E-state index in [1.807, 2.05) is 98.8 Å². The molecular weight excluding hydrogens is 713 g/mol. The molecule has 0 saturated carbocycles. The van der Waals surface area contributed by atoms with Crippen LogP contribution in [0.4, 0.5) is 0 Å². The number of aryl methyl sites for hydroxylation is 2. The van der Waals surface area contributed by atoms with E-state index in [2.05, 4.69) is 93.0 Å². The Kier molecular flexibility index (Phi) is 7.90.